The van der Waals surface area contributed by atoms with E-state index in [2.05, 4.69) is 33.4 Å². The van der Waals surface area contributed by atoms with Gasteiger partial charge < -0.3 is 20.1 Å². The molecule has 2 aromatic heterocycles. The van der Waals surface area contributed by atoms with Gasteiger partial charge >= 0.3 is 0 Å². The fourth-order valence-electron chi connectivity index (χ4n) is 4.56. The molecule has 0 saturated carbocycles. The SMILES string of the molecule is COc1ccc(Oc2ccc(-c3nn(C4CCN(C(C)C)CC4)c4ncnc(N)c34)cc2)cc1. The van der Waals surface area contributed by atoms with E-state index in [1.165, 1.54) is 6.33 Å². The molecule has 3 heterocycles. The van der Waals surface area contributed by atoms with E-state index in [0.29, 0.717) is 17.9 Å². The Labute approximate surface area is 199 Å². The molecule has 1 saturated heterocycles. The number of benzene rings is 2. The Morgan fingerprint density at radius 2 is 1.53 bits per heavy atom. The Balaban J connectivity index is 1.43. The Bertz CT molecular complexity index is 1260. The summed E-state index contributed by atoms with van der Waals surface area (Å²) in [6.45, 7) is 6.60. The molecule has 4 aromatic rings. The number of fused-ring (bicyclic) bond motifs is 1. The van der Waals surface area contributed by atoms with Crippen LogP contribution in [-0.2, 0) is 0 Å². The van der Waals surface area contributed by atoms with E-state index in [-0.39, 0.29) is 0 Å². The van der Waals surface area contributed by atoms with E-state index in [1.807, 2.05) is 48.5 Å². The maximum Gasteiger partial charge on any atom is 0.164 e. The van der Waals surface area contributed by atoms with Gasteiger partial charge in [0.1, 0.15) is 35.1 Å². The lowest BCUT2D eigenvalue weighted by molar-refractivity contribution is 0.148. The molecule has 0 aliphatic carbocycles. The van der Waals surface area contributed by atoms with Gasteiger partial charge in [0, 0.05) is 24.7 Å². The number of nitrogens with zero attached hydrogens (tertiary/aromatic N) is 5. The molecule has 0 amide bonds. The molecule has 5 rings (SSSR count). The highest BCUT2D eigenvalue weighted by Gasteiger charge is 2.26. The van der Waals surface area contributed by atoms with Crippen molar-refractivity contribution in [3.63, 3.8) is 0 Å². The second-order valence-electron chi connectivity index (χ2n) is 8.91. The minimum Gasteiger partial charge on any atom is -0.497 e. The molecule has 0 atom stereocenters. The number of likely N-dealkylation sites (tertiary alicyclic amines) is 1. The second kappa shape index (κ2) is 9.30. The highest BCUT2D eigenvalue weighted by molar-refractivity contribution is 5.98. The van der Waals surface area contributed by atoms with Crippen molar-refractivity contribution in [2.45, 2.75) is 38.8 Å². The zero-order valence-corrected chi connectivity index (χ0v) is 19.8. The lowest BCUT2D eigenvalue weighted by atomic mass is 10.0. The molecule has 2 aromatic carbocycles. The number of rotatable bonds is 6. The first-order valence-corrected chi connectivity index (χ1v) is 11.7. The van der Waals surface area contributed by atoms with Crippen LogP contribution in [0.5, 0.6) is 17.2 Å². The standard InChI is InChI=1S/C26H30N6O2/c1-17(2)31-14-12-19(13-15-31)32-26-23(25(27)28-16-29-26)24(30-32)18-4-6-21(7-5-18)34-22-10-8-20(33-3)9-11-22/h4-11,16-17,19H,12-15H2,1-3H3,(H2,27,28,29). The van der Waals surface area contributed by atoms with E-state index in [4.69, 9.17) is 20.3 Å². The van der Waals surface area contributed by atoms with E-state index >= 15 is 0 Å². The average Bonchev–Trinajstić information content (AvgIpc) is 3.26. The molecule has 1 aliphatic heterocycles. The number of piperidine rings is 1. The molecule has 2 N–H and O–H groups in total. The summed E-state index contributed by atoms with van der Waals surface area (Å²) in [6.07, 6.45) is 3.59. The summed E-state index contributed by atoms with van der Waals surface area (Å²) < 4.78 is 13.2. The number of nitrogen functional groups attached to an aromatic ring is 1. The zero-order valence-electron chi connectivity index (χ0n) is 19.8. The van der Waals surface area contributed by atoms with Gasteiger partial charge in [0.2, 0.25) is 0 Å². The summed E-state index contributed by atoms with van der Waals surface area (Å²) in [4.78, 5) is 11.3. The third-order valence-electron chi connectivity index (χ3n) is 6.52. The lowest BCUT2D eigenvalue weighted by Crippen LogP contribution is -2.39. The van der Waals surface area contributed by atoms with E-state index in [0.717, 1.165) is 65.5 Å². The topological polar surface area (TPSA) is 91.3 Å². The Morgan fingerprint density at radius 1 is 0.912 bits per heavy atom. The largest absolute Gasteiger partial charge is 0.497 e. The van der Waals surface area contributed by atoms with Crippen molar-refractivity contribution < 1.29 is 9.47 Å². The van der Waals surface area contributed by atoms with Crippen molar-refractivity contribution >= 4 is 16.9 Å². The van der Waals surface area contributed by atoms with Gasteiger partial charge in [-0.3, -0.25) is 0 Å². The Kier molecular flexibility index (Phi) is 6.06. The second-order valence-corrected chi connectivity index (χ2v) is 8.91. The summed E-state index contributed by atoms with van der Waals surface area (Å²) in [5.41, 5.74) is 8.85. The smallest absolute Gasteiger partial charge is 0.164 e. The molecule has 8 nitrogen and oxygen atoms in total. The third-order valence-corrected chi connectivity index (χ3v) is 6.52. The van der Waals surface area contributed by atoms with Crippen LogP contribution in [0.15, 0.2) is 54.9 Å². The number of nitrogens with two attached hydrogens (primary N) is 1. The molecule has 0 radical (unpaired) electrons. The first-order chi connectivity index (χ1) is 16.5. The van der Waals surface area contributed by atoms with Crippen LogP contribution >= 0.6 is 0 Å². The average molecular weight is 459 g/mol. The number of anilines is 1. The van der Waals surface area contributed by atoms with Crippen molar-refractivity contribution in [2.24, 2.45) is 0 Å². The normalized spacial score (nSPS) is 15.2. The van der Waals surface area contributed by atoms with Crippen molar-refractivity contribution in [1.82, 2.24) is 24.6 Å². The van der Waals surface area contributed by atoms with Crippen LogP contribution in [0.2, 0.25) is 0 Å². The van der Waals surface area contributed by atoms with Crippen molar-refractivity contribution in [3.05, 3.63) is 54.9 Å². The van der Waals surface area contributed by atoms with Crippen LogP contribution in [0.25, 0.3) is 22.3 Å². The van der Waals surface area contributed by atoms with Crippen molar-refractivity contribution in [3.8, 4) is 28.5 Å². The van der Waals surface area contributed by atoms with Crippen LogP contribution in [0, 0.1) is 0 Å². The molecule has 0 unspecified atom stereocenters. The minimum atomic E-state index is 0.290. The Hall–Kier alpha value is -3.65. The molecule has 0 spiro atoms. The fraction of sp³-hybridized carbons (Fsp3) is 0.346. The van der Waals surface area contributed by atoms with Gasteiger partial charge in [-0.1, -0.05) is 0 Å². The summed E-state index contributed by atoms with van der Waals surface area (Å²) in [6, 6.07) is 16.2. The summed E-state index contributed by atoms with van der Waals surface area (Å²) in [5, 5.41) is 5.81. The first kappa shape index (κ1) is 22.2. The number of hydrogen-bond donors (Lipinski definition) is 1. The van der Waals surface area contributed by atoms with Crippen LogP contribution in [0.1, 0.15) is 32.7 Å². The van der Waals surface area contributed by atoms with Gasteiger partial charge in [0.15, 0.2) is 5.65 Å². The number of aromatic nitrogens is 4. The van der Waals surface area contributed by atoms with Crippen LogP contribution < -0.4 is 15.2 Å². The van der Waals surface area contributed by atoms with Crippen LogP contribution in [0.4, 0.5) is 5.82 Å². The number of methoxy groups -OCH3 is 1. The van der Waals surface area contributed by atoms with Crippen LogP contribution in [0.3, 0.4) is 0 Å². The maximum absolute atomic E-state index is 6.31. The van der Waals surface area contributed by atoms with Gasteiger partial charge in [-0.05, 0) is 75.2 Å². The van der Waals surface area contributed by atoms with Gasteiger partial charge in [-0.15, -0.1) is 0 Å². The van der Waals surface area contributed by atoms with E-state index < -0.39 is 0 Å². The monoisotopic (exact) mass is 458 g/mol. The first-order valence-electron chi connectivity index (χ1n) is 11.7. The summed E-state index contributed by atoms with van der Waals surface area (Å²) in [7, 11) is 1.64. The number of ether oxygens (including phenoxy) is 2. The van der Waals surface area contributed by atoms with Crippen molar-refractivity contribution in [2.75, 3.05) is 25.9 Å². The van der Waals surface area contributed by atoms with E-state index in [1.54, 1.807) is 7.11 Å². The lowest BCUT2D eigenvalue weighted by Gasteiger charge is -2.34. The molecular weight excluding hydrogens is 428 g/mol. The molecule has 0 bridgehead atoms. The molecule has 1 aliphatic rings. The van der Waals surface area contributed by atoms with Gasteiger partial charge in [-0.2, -0.15) is 5.10 Å². The van der Waals surface area contributed by atoms with Gasteiger partial charge in [0.05, 0.1) is 18.5 Å². The third kappa shape index (κ3) is 4.28. The number of hydrogen-bond acceptors (Lipinski definition) is 7. The molecule has 1 fully saturated rings. The van der Waals surface area contributed by atoms with Gasteiger partial charge in [-0.25, -0.2) is 14.6 Å². The quantitative estimate of drug-likeness (QED) is 0.438. The zero-order chi connectivity index (χ0) is 23.7. The predicted molar refractivity (Wildman–Crippen MR) is 133 cm³/mol. The molecule has 8 heteroatoms. The van der Waals surface area contributed by atoms with Crippen LogP contribution in [-0.4, -0.2) is 50.9 Å². The maximum atomic E-state index is 6.31. The van der Waals surface area contributed by atoms with Gasteiger partial charge in [0.25, 0.3) is 0 Å². The Morgan fingerprint density at radius 3 is 2.15 bits per heavy atom. The predicted octanol–water partition coefficient (Wildman–Crippen LogP) is 4.92. The summed E-state index contributed by atoms with van der Waals surface area (Å²) in [5.74, 6) is 2.72. The van der Waals surface area contributed by atoms with Crippen molar-refractivity contribution in [1.29, 1.82) is 0 Å². The summed E-state index contributed by atoms with van der Waals surface area (Å²) >= 11 is 0. The van der Waals surface area contributed by atoms with E-state index in [9.17, 15) is 0 Å². The molecular formula is C26H30N6O2. The molecule has 176 valence electrons. The fourth-order valence-corrected chi connectivity index (χ4v) is 4.56. The molecule has 34 heavy (non-hydrogen) atoms. The highest BCUT2D eigenvalue weighted by Crippen LogP contribution is 2.35. The highest BCUT2D eigenvalue weighted by atomic mass is 16.5. The minimum absolute atomic E-state index is 0.290.